The first-order valence-corrected chi connectivity index (χ1v) is 7.09. The predicted octanol–water partition coefficient (Wildman–Crippen LogP) is 5.21. The van der Waals surface area contributed by atoms with Gasteiger partial charge in [-0.05, 0) is 36.1 Å². The number of aromatic nitrogens is 1. The molecule has 2 nitrogen and oxygen atoms in total. The van der Waals surface area contributed by atoms with Crippen molar-refractivity contribution in [3.8, 4) is 11.6 Å². The first kappa shape index (κ1) is 13.8. The summed E-state index contributed by atoms with van der Waals surface area (Å²) in [6, 6.07) is 14.4. The van der Waals surface area contributed by atoms with E-state index < -0.39 is 0 Å². The second-order valence-corrected chi connectivity index (χ2v) is 5.05. The zero-order valence-electron chi connectivity index (χ0n) is 11.4. The van der Waals surface area contributed by atoms with Crippen molar-refractivity contribution in [2.24, 2.45) is 0 Å². The summed E-state index contributed by atoms with van der Waals surface area (Å²) in [6.45, 7) is 1.71. The zero-order valence-corrected chi connectivity index (χ0v) is 12.2. The second-order valence-electron chi connectivity index (χ2n) is 4.79. The normalized spacial score (nSPS) is 10.8. The summed E-state index contributed by atoms with van der Waals surface area (Å²) < 4.78 is 19.4. The Bertz CT molecular complexity index is 804. The lowest BCUT2D eigenvalue weighted by Gasteiger charge is -2.10. The van der Waals surface area contributed by atoms with Crippen LogP contribution in [0.3, 0.4) is 0 Å². The van der Waals surface area contributed by atoms with E-state index in [2.05, 4.69) is 4.98 Å². The number of pyridine rings is 1. The van der Waals surface area contributed by atoms with Crippen molar-refractivity contribution in [3.05, 3.63) is 65.6 Å². The van der Waals surface area contributed by atoms with Crippen LogP contribution < -0.4 is 4.74 Å². The molecule has 0 aliphatic carbocycles. The van der Waals surface area contributed by atoms with E-state index in [0.29, 0.717) is 23.1 Å². The molecule has 1 heterocycles. The molecule has 0 amide bonds. The molecule has 0 atom stereocenters. The smallest absolute Gasteiger partial charge is 0.227 e. The van der Waals surface area contributed by atoms with Gasteiger partial charge >= 0.3 is 0 Å². The van der Waals surface area contributed by atoms with Crippen LogP contribution in [0.2, 0.25) is 0 Å². The lowest BCUT2D eigenvalue weighted by Crippen LogP contribution is -1.94. The van der Waals surface area contributed by atoms with Gasteiger partial charge in [-0.15, -0.1) is 11.6 Å². The van der Waals surface area contributed by atoms with Gasteiger partial charge in [0, 0.05) is 11.5 Å². The largest absolute Gasteiger partial charge is 0.438 e. The van der Waals surface area contributed by atoms with Crippen molar-refractivity contribution in [2.75, 3.05) is 0 Å². The van der Waals surface area contributed by atoms with Crippen LogP contribution >= 0.6 is 11.6 Å². The Balaban J connectivity index is 2.08. The standard InChI is InChI=1S/C17H13ClFNO/c1-11-6-7-14(9-16(11)19)21-17-15-5-3-2-4-12(15)8-13(10-18)20-17/h2-9H,10H2,1H3. The summed E-state index contributed by atoms with van der Waals surface area (Å²) in [6.07, 6.45) is 0. The molecule has 0 N–H and O–H groups in total. The Hall–Kier alpha value is -2.13. The van der Waals surface area contributed by atoms with Crippen LogP contribution in [0, 0.1) is 12.7 Å². The van der Waals surface area contributed by atoms with E-state index >= 15 is 0 Å². The average Bonchev–Trinajstić information content (AvgIpc) is 2.51. The van der Waals surface area contributed by atoms with E-state index in [1.807, 2.05) is 30.3 Å². The maximum Gasteiger partial charge on any atom is 0.227 e. The highest BCUT2D eigenvalue weighted by atomic mass is 35.5. The summed E-state index contributed by atoms with van der Waals surface area (Å²) in [5.74, 6) is 0.850. The van der Waals surface area contributed by atoms with Gasteiger partial charge in [-0.25, -0.2) is 9.37 Å². The number of hydrogen-bond acceptors (Lipinski definition) is 2. The lowest BCUT2D eigenvalue weighted by molar-refractivity contribution is 0.462. The average molecular weight is 302 g/mol. The van der Waals surface area contributed by atoms with E-state index in [0.717, 1.165) is 16.5 Å². The highest BCUT2D eigenvalue weighted by molar-refractivity contribution is 6.17. The number of fused-ring (bicyclic) bond motifs is 1. The molecule has 21 heavy (non-hydrogen) atoms. The quantitative estimate of drug-likeness (QED) is 0.619. The van der Waals surface area contributed by atoms with Crippen molar-refractivity contribution in [2.45, 2.75) is 12.8 Å². The molecule has 0 unspecified atom stereocenters. The minimum atomic E-state index is -0.301. The van der Waals surface area contributed by atoms with Crippen molar-refractivity contribution >= 4 is 22.4 Å². The van der Waals surface area contributed by atoms with Gasteiger partial charge in [-0.3, -0.25) is 0 Å². The molecular weight excluding hydrogens is 289 g/mol. The number of alkyl halides is 1. The molecule has 106 valence electrons. The molecule has 0 fully saturated rings. The zero-order chi connectivity index (χ0) is 14.8. The van der Waals surface area contributed by atoms with Crippen LogP contribution in [-0.4, -0.2) is 4.98 Å². The fourth-order valence-corrected chi connectivity index (χ4v) is 2.25. The van der Waals surface area contributed by atoms with Gasteiger partial charge in [0.05, 0.1) is 11.6 Å². The summed E-state index contributed by atoms with van der Waals surface area (Å²) in [5, 5.41) is 1.86. The molecule has 4 heteroatoms. The van der Waals surface area contributed by atoms with Gasteiger partial charge < -0.3 is 4.74 Å². The Morgan fingerprint density at radius 2 is 1.95 bits per heavy atom. The number of ether oxygens (including phenoxy) is 1. The number of nitrogens with zero attached hydrogens (tertiary/aromatic N) is 1. The summed E-state index contributed by atoms with van der Waals surface area (Å²) >= 11 is 5.87. The van der Waals surface area contributed by atoms with Crippen molar-refractivity contribution in [3.63, 3.8) is 0 Å². The molecule has 0 aliphatic heterocycles. The fourth-order valence-electron chi connectivity index (χ4n) is 2.12. The van der Waals surface area contributed by atoms with Gasteiger partial charge in [0.1, 0.15) is 11.6 Å². The maximum absolute atomic E-state index is 13.6. The third kappa shape index (κ3) is 2.83. The highest BCUT2D eigenvalue weighted by Crippen LogP contribution is 2.29. The Kier molecular flexibility index (Phi) is 3.76. The lowest BCUT2D eigenvalue weighted by atomic mass is 10.1. The molecular formula is C17H13ClFNO. The predicted molar refractivity (Wildman–Crippen MR) is 82.5 cm³/mol. The van der Waals surface area contributed by atoms with Gasteiger partial charge in [0.25, 0.3) is 0 Å². The van der Waals surface area contributed by atoms with Gasteiger partial charge in [-0.1, -0.05) is 24.3 Å². The number of hydrogen-bond donors (Lipinski definition) is 0. The molecule has 0 spiro atoms. The van der Waals surface area contributed by atoms with Crippen LogP contribution in [0.25, 0.3) is 10.8 Å². The first-order valence-electron chi connectivity index (χ1n) is 6.56. The maximum atomic E-state index is 13.6. The number of rotatable bonds is 3. The summed E-state index contributed by atoms with van der Waals surface area (Å²) in [7, 11) is 0. The van der Waals surface area contributed by atoms with Crippen LogP contribution in [-0.2, 0) is 5.88 Å². The Morgan fingerprint density at radius 3 is 2.71 bits per heavy atom. The van der Waals surface area contributed by atoms with E-state index in [4.69, 9.17) is 16.3 Å². The second kappa shape index (κ2) is 5.70. The van der Waals surface area contributed by atoms with Crippen molar-refractivity contribution in [1.82, 2.24) is 4.98 Å². The Labute approximate surface area is 127 Å². The highest BCUT2D eigenvalue weighted by Gasteiger charge is 2.09. The molecule has 0 aliphatic rings. The van der Waals surface area contributed by atoms with Gasteiger partial charge in [-0.2, -0.15) is 0 Å². The fraction of sp³-hybridized carbons (Fsp3) is 0.118. The van der Waals surface area contributed by atoms with Gasteiger partial charge in [0.15, 0.2) is 0 Å². The number of benzene rings is 2. The van der Waals surface area contributed by atoms with E-state index in [1.165, 1.54) is 6.07 Å². The van der Waals surface area contributed by atoms with Crippen molar-refractivity contribution < 1.29 is 9.13 Å². The monoisotopic (exact) mass is 301 g/mol. The summed E-state index contributed by atoms with van der Waals surface area (Å²) in [4.78, 5) is 4.39. The molecule has 3 aromatic rings. The first-order chi connectivity index (χ1) is 10.2. The number of halogens is 2. The third-order valence-corrected chi connectivity index (χ3v) is 3.53. The van der Waals surface area contributed by atoms with Crippen LogP contribution in [0.15, 0.2) is 48.5 Å². The third-order valence-electron chi connectivity index (χ3n) is 3.25. The molecule has 0 bridgehead atoms. The SMILES string of the molecule is Cc1ccc(Oc2nc(CCl)cc3ccccc23)cc1F. The topological polar surface area (TPSA) is 22.1 Å². The van der Waals surface area contributed by atoms with E-state index in [9.17, 15) is 4.39 Å². The number of aryl methyl sites for hydroxylation is 1. The van der Waals surface area contributed by atoms with Crippen molar-refractivity contribution in [1.29, 1.82) is 0 Å². The van der Waals surface area contributed by atoms with Crippen LogP contribution in [0.4, 0.5) is 4.39 Å². The molecule has 3 rings (SSSR count). The van der Waals surface area contributed by atoms with E-state index in [1.54, 1.807) is 19.1 Å². The minimum absolute atomic E-state index is 0.295. The van der Waals surface area contributed by atoms with E-state index in [-0.39, 0.29) is 5.82 Å². The molecule has 1 aromatic heterocycles. The summed E-state index contributed by atoms with van der Waals surface area (Å²) in [5.41, 5.74) is 1.30. The van der Waals surface area contributed by atoms with Gasteiger partial charge in [0.2, 0.25) is 5.88 Å². The molecule has 0 saturated carbocycles. The molecule has 2 aromatic carbocycles. The van der Waals surface area contributed by atoms with Crippen LogP contribution in [0.1, 0.15) is 11.3 Å². The minimum Gasteiger partial charge on any atom is -0.438 e. The van der Waals surface area contributed by atoms with Crippen LogP contribution in [0.5, 0.6) is 11.6 Å². The molecule has 0 saturated heterocycles. The Morgan fingerprint density at radius 1 is 1.14 bits per heavy atom. The molecule has 0 radical (unpaired) electrons.